The molecule has 0 aromatic rings. The van der Waals surface area contributed by atoms with Gasteiger partial charge in [-0.25, -0.2) is 0 Å². The first-order chi connectivity index (χ1) is 5.14. The molecule has 0 aromatic heterocycles. The second kappa shape index (κ2) is 3.55. The molecule has 66 valence electrons. The Hall–Kier alpha value is -0.0800. The Labute approximate surface area is 69.8 Å². The lowest BCUT2D eigenvalue weighted by Gasteiger charge is -2.26. The molecule has 2 heteroatoms. The molecule has 0 aliphatic carbocycles. The molecule has 11 heavy (non-hydrogen) atoms. The number of hydrogen-bond donors (Lipinski definition) is 2. The van der Waals surface area contributed by atoms with E-state index in [0.717, 1.165) is 5.92 Å². The highest BCUT2D eigenvalue weighted by molar-refractivity contribution is 4.83. The third-order valence-electron chi connectivity index (χ3n) is 2.64. The minimum Gasteiger partial charge on any atom is -0.316 e. The summed E-state index contributed by atoms with van der Waals surface area (Å²) in [5.41, 5.74) is 0.316. The summed E-state index contributed by atoms with van der Waals surface area (Å²) in [6.45, 7) is 6.96. The Balaban J connectivity index is 2.28. The van der Waals surface area contributed by atoms with E-state index in [1.807, 2.05) is 7.05 Å². The maximum absolute atomic E-state index is 3.39. The van der Waals surface area contributed by atoms with Crippen molar-refractivity contribution < 1.29 is 0 Å². The zero-order valence-corrected chi connectivity index (χ0v) is 7.91. The van der Waals surface area contributed by atoms with Gasteiger partial charge in [0.05, 0.1) is 0 Å². The SMILES string of the molecule is CNC(C)(C)CC1CCNC1. The molecule has 1 atom stereocenters. The van der Waals surface area contributed by atoms with Gasteiger partial charge in [0.2, 0.25) is 0 Å². The molecular weight excluding hydrogens is 136 g/mol. The second-order valence-corrected chi connectivity index (χ2v) is 4.20. The van der Waals surface area contributed by atoms with Crippen molar-refractivity contribution in [2.45, 2.75) is 32.2 Å². The normalized spacial score (nSPS) is 25.9. The fraction of sp³-hybridized carbons (Fsp3) is 1.00. The van der Waals surface area contributed by atoms with E-state index in [4.69, 9.17) is 0 Å². The largest absolute Gasteiger partial charge is 0.316 e. The van der Waals surface area contributed by atoms with Crippen LogP contribution in [0.5, 0.6) is 0 Å². The summed E-state index contributed by atoms with van der Waals surface area (Å²) in [6, 6.07) is 0. The molecule has 1 fully saturated rings. The van der Waals surface area contributed by atoms with Crippen LogP contribution >= 0.6 is 0 Å². The first kappa shape index (κ1) is 9.01. The molecule has 0 spiro atoms. The summed E-state index contributed by atoms with van der Waals surface area (Å²) < 4.78 is 0. The monoisotopic (exact) mass is 156 g/mol. The molecule has 0 amide bonds. The number of rotatable bonds is 3. The van der Waals surface area contributed by atoms with Gasteiger partial charge in [0.25, 0.3) is 0 Å². The van der Waals surface area contributed by atoms with Gasteiger partial charge >= 0.3 is 0 Å². The van der Waals surface area contributed by atoms with Crippen LogP contribution in [0.15, 0.2) is 0 Å². The average Bonchev–Trinajstić information content (AvgIpc) is 2.39. The van der Waals surface area contributed by atoms with Crippen molar-refractivity contribution in [2.75, 3.05) is 20.1 Å². The number of hydrogen-bond acceptors (Lipinski definition) is 2. The zero-order valence-electron chi connectivity index (χ0n) is 7.91. The predicted octanol–water partition coefficient (Wildman–Crippen LogP) is 0.984. The summed E-state index contributed by atoms with van der Waals surface area (Å²) in [4.78, 5) is 0. The van der Waals surface area contributed by atoms with Crippen LogP contribution in [-0.2, 0) is 0 Å². The summed E-state index contributed by atoms with van der Waals surface area (Å²) in [6.07, 6.45) is 2.64. The van der Waals surface area contributed by atoms with Gasteiger partial charge in [-0.1, -0.05) is 0 Å². The van der Waals surface area contributed by atoms with E-state index in [1.165, 1.54) is 25.9 Å². The molecule has 1 aliphatic rings. The summed E-state index contributed by atoms with van der Waals surface area (Å²) >= 11 is 0. The maximum atomic E-state index is 3.39. The van der Waals surface area contributed by atoms with Gasteiger partial charge in [-0.2, -0.15) is 0 Å². The molecule has 0 bridgehead atoms. The third-order valence-corrected chi connectivity index (χ3v) is 2.64. The molecule has 0 saturated carbocycles. The molecular formula is C9H20N2. The van der Waals surface area contributed by atoms with E-state index in [2.05, 4.69) is 24.5 Å². The van der Waals surface area contributed by atoms with E-state index in [-0.39, 0.29) is 0 Å². The van der Waals surface area contributed by atoms with E-state index >= 15 is 0 Å². The van der Waals surface area contributed by atoms with Gasteiger partial charge in [0.1, 0.15) is 0 Å². The van der Waals surface area contributed by atoms with Crippen LogP contribution in [0, 0.1) is 5.92 Å². The van der Waals surface area contributed by atoms with Crippen LogP contribution in [0.25, 0.3) is 0 Å². The van der Waals surface area contributed by atoms with Crippen LogP contribution in [0.1, 0.15) is 26.7 Å². The van der Waals surface area contributed by atoms with Crippen LogP contribution in [0.4, 0.5) is 0 Å². The fourth-order valence-electron chi connectivity index (χ4n) is 1.71. The lowest BCUT2D eigenvalue weighted by Crippen LogP contribution is -2.38. The highest BCUT2D eigenvalue weighted by Gasteiger charge is 2.23. The zero-order chi connectivity index (χ0) is 8.32. The Morgan fingerprint density at radius 2 is 2.27 bits per heavy atom. The fourth-order valence-corrected chi connectivity index (χ4v) is 1.71. The van der Waals surface area contributed by atoms with E-state index in [0.29, 0.717) is 5.54 Å². The van der Waals surface area contributed by atoms with Crippen molar-refractivity contribution in [1.82, 2.24) is 10.6 Å². The van der Waals surface area contributed by atoms with Crippen LogP contribution in [-0.4, -0.2) is 25.7 Å². The van der Waals surface area contributed by atoms with Gasteiger partial charge < -0.3 is 10.6 Å². The summed E-state index contributed by atoms with van der Waals surface area (Å²) in [5, 5.41) is 6.73. The smallest absolute Gasteiger partial charge is 0.0125 e. The third kappa shape index (κ3) is 2.80. The molecule has 2 N–H and O–H groups in total. The lowest BCUT2D eigenvalue weighted by atomic mass is 9.90. The van der Waals surface area contributed by atoms with Crippen molar-refractivity contribution >= 4 is 0 Å². The Morgan fingerprint density at radius 1 is 1.55 bits per heavy atom. The van der Waals surface area contributed by atoms with Crippen molar-refractivity contribution in [3.63, 3.8) is 0 Å². The van der Waals surface area contributed by atoms with Crippen LogP contribution < -0.4 is 10.6 Å². The Bertz CT molecular complexity index is 115. The molecule has 1 rings (SSSR count). The van der Waals surface area contributed by atoms with Gasteiger partial charge in [-0.05, 0) is 52.7 Å². The molecule has 0 radical (unpaired) electrons. The van der Waals surface area contributed by atoms with Gasteiger partial charge in [0.15, 0.2) is 0 Å². The average molecular weight is 156 g/mol. The van der Waals surface area contributed by atoms with Crippen molar-refractivity contribution in [3.05, 3.63) is 0 Å². The van der Waals surface area contributed by atoms with Crippen molar-refractivity contribution in [2.24, 2.45) is 5.92 Å². The van der Waals surface area contributed by atoms with Gasteiger partial charge in [-0.15, -0.1) is 0 Å². The Morgan fingerprint density at radius 3 is 2.73 bits per heavy atom. The Kier molecular flexibility index (Phi) is 2.90. The van der Waals surface area contributed by atoms with E-state index < -0.39 is 0 Å². The minimum atomic E-state index is 0.316. The quantitative estimate of drug-likeness (QED) is 0.636. The van der Waals surface area contributed by atoms with Gasteiger partial charge in [0, 0.05) is 5.54 Å². The van der Waals surface area contributed by atoms with Gasteiger partial charge in [-0.3, -0.25) is 0 Å². The van der Waals surface area contributed by atoms with Crippen molar-refractivity contribution in [3.8, 4) is 0 Å². The molecule has 0 aromatic carbocycles. The van der Waals surface area contributed by atoms with E-state index in [1.54, 1.807) is 0 Å². The molecule has 2 nitrogen and oxygen atoms in total. The van der Waals surface area contributed by atoms with E-state index in [9.17, 15) is 0 Å². The second-order valence-electron chi connectivity index (χ2n) is 4.20. The standard InChI is InChI=1S/C9H20N2/c1-9(2,10-3)6-8-4-5-11-7-8/h8,10-11H,4-7H2,1-3H3. The van der Waals surface area contributed by atoms with Crippen LogP contribution in [0.2, 0.25) is 0 Å². The summed E-state index contributed by atoms with van der Waals surface area (Å²) in [5.74, 6) is 0.887. The molecule has 1 saturated heterocycles. The molecule has 1 unspecified atom stereocenters. The van der Waals surface area contributed by atoms with Crippen LogP contribution in [0.3, 0.4) is 0 Å². The highest BCUT2D eigenvalue weighted by Crippen LogP contribution is 2.20. The highest BCUT2D eigenvalue weighted by atomic mass is 14.9. The maximum Gasteiger partial charge on any atom is 0.0125 e. The lowest BCUT2D eigenvalue weighted by molar-refractivity contribution is 0.327. The minimum absolute atomic E-state index is 0.316. The summed E-state index contributed by atoms with van der Waals surface area (Å²) in [7, 11) is 2.04. The molecule has 1 aliphatic heterocycles. The topological polar surface area (TPSA) is 24.1 Å². The first-order valence-corrected chi connectivity index (χ1v) is 4.54. The predicted molar refractivity (Wildman–Crippen MR) is 48.7 cm³/mol. The molecule has 1 heterocycles. The number of nitrogens with one attached hydrogen (secondary N) is 2. The van der Waals surface area contributed by atoms with Crippen molar-refractivity contribution in [1.29, 1.82) is 0 Å². The first-order valence-electron chi connectivity index (χ1n) is 4.54.